The molecule has 1 aromatic heterocycles. The molecule has 0 aliphatic heterocycles. The fourth-order valence-corrected chi connectivity index (χ4v) is 2.32. The number of fused-ring (bicyclic) bond motifs is 1. The van der Waals surface area contributed by atoms with Gasteiger partial charge in [0.2, 0.25) is 0 Å². The summed E-state index contributed by atoms with van der Waals surface area (Å²) in [5.41, 5.74) is 10.1. The van der Waals surface area contributed by atoms with E-state index < -0.39 is 0 Å². The molecule has 0 unspecified atom stereocenters. The first-order valence-electron chi connectivity index (χ1n) is 5.66. The zero-order valence-electron chi connectivity index (χ0n) is 10.6. The van der Waals surface area contributed by atoms with E-state index in [1.54, 1.807) is 0 Å². The number of aromatic nitrogens is 1. The number of anilines is 1. The highest BCUT2D eigenvalue weighted by Gasteiger charge is 2.18. The Kier molecular flexibility index (Phi) is 2.90. The van der Waals surface area contributed by atoms with Crippen LogP contribution < -0.4 is 5.73 Å². The van der Waals surface area contributed by atoms with Gasteiger partial charge >= 0.3 is 0 Å². The van der Waals surface area contributed by atoms with Crippen molar-refractivity contribution in [1.29, 1.82) is 0 Å². The molecule has 2 rings (SSSR count). The van der Waals surface area contributed by atoms with Crippen molar-refractivity contribution in [1.82, 2.24) is 4.98 Å². The Morgan fingerprint density at radius 2 is 1.88 bits per heavy atom. The minimum atomic E-state index is 0.00545. The van der Waals surface area contributed by atoms with Crippen molar-refractivity contribution >= 4 is 32.5 Å². The van der Waals surface area contributed by atoms with Crippen LogP contribution in [0.15, 0.2) is 22.7 Å². The van der Waals surface area contributed by atoms with Crippen molar-refractivity contribution in [3.05, 3.63) is 33.9 Å². The van der Waals surface area contributed by atoms with Crippen molar-refractivity contribution in [2.45, 2.75) is 33.1 Å². The number of hydrogen-bond acceptors (Lipinski definition) is 2. The van der Waals surface area contributed by atoms with E-state index in [-0.39, 0.29) is 5.41 Å². The molecule has 1 aromatic carbocycles. The molecule has 2 nitrogen and oxygen atoms in total. The predicted octanol–water partition coefficient (Wildman–Crippen LogP) is 4.19. The van der Waals surface area contributed by atoms with Crippen LogP contribution in [0.25, 0.3) is 10.9 Å². The second kappa shape index (κ2) is 3.98. The van der Waals surface area contributed by atoms with E-state index in [4.69, 9.17) is 10.7 Å². The third kappa shape index (κ3) is 2.16. The molecule has 3 heteroatoms. The Hall–Kier alpha value is -1.09. The van der Waals surface area contributed by atoms with E-state index in [2.05, 4.69) is 49.7 Å². The van der Waals surface area contributed by atoms with Crippen LogP contribution in [0.1, 0.15) is 32.0 Å². The highest BCUT2D eigenvalue weighted by atomic mass is 79.9. The minimum Gasteiger partial charge on any atom is -0.398 e. The van der Waals surface area contributed by atoms with E-state index in [1.807, 2.05) is 12.1 Å². The zero-order chi connectivity index (χ0) is 12.8. The molecular weight excluding hydrogens is 276 g/mol. The number of hydrogen-bond donors (Lipinski definition) is 1. The van der Waals surface area contributed by atoms with Crippen LogP contribution in [-0.2, 0) is 5.41 Å². The first-order chi connectivity index (χ1) is 7.80. The Morgan fingerprint density at radius 1 is 1.24 bits per heavy atom. The minimum absolute atomic E-state index is 0.00545. The van der Waals surface area contributed by atoms with Gasteiger partial charge < -0.3 is 5.73 Å². The molecule has 0 saturated heterocycles. The van der Waals surface area contributed by atoms with Crippen molar-refractivity contribution in [2.75, 3.05) is 5.73 Å². The summed E-state index contributed by atoms with van der Waals surface area (Å²) >= 11 is 3.55. The summed E-state index contributed by atoms with van der Waals surface area (Å²) in [6.07, 6.45) is 0. The lowest BCUT2D eigenvalue weighted by Crippen LogP contribution is -2.14. The van der Waals surface area contributed by atoms with Gasteiger partial charge in [0.05, 0.1) is 5.52 Å². The van der Waals surface area contributed by atoms with Gasteiger partial charge in [0.25, 0.3) is 0 Å². The molecule has 0 amide bonds. The van der Waals surface area contributed by atoms with Crippen LogP contribution in [0.2, 0.25) is 0 Å². The second-order valence-electron chi connectivity index (χ2n) is 5.43. The first kappa shape index (κ1) is 12.4. The number of pyridine rings is 1. The molecule has 0 aliphatic carbocycles. The van der Waals surface area contributed by atoms with Crippen LogP contribution in [0.3, 0.4) is 0 Å². The Bertz CT molecular complexity index is 583. The van der Waals surface area contributed by atoms with Crippen LogP contribution in [0.4, 0.5) is 5.69 Å². The number of nitrogens with zero attached hydrogens (tertiary/aromatic N) is 1. The van der Waals surface area contributed by atoms with Crippen LogP contribution in [0.5, 0.6) is 0 Å². The van der Waals surface area contributed by atoms with E-state index in [0.29, 0.717) is 0 Å². The number of nitrogens with two attached hydrogens (primary N) is 1. The Balaban J connectivity index is 2.87. The van der Waals surface area contributed by atoms with Gasteiger partial charge in [0, 0.05) is 26.7 Å². The van der Waals surface area contributed by atoms with Crippen molar-refractivity contribution in [2.24, 2.45) is 0 Å². The maximum Gasteiger partial charge on any atom is 0.0870 e. The normalized spacial score (nSPS) is 12.1. The second-order valence-corrected chi connectivity index (χ2v) is 6.29. The number of halogens is 1. The lowest BCUT2D eigenvalue weighted by molar-refractivity contribution is 0.572. The average Bonchev–Trinajstić information content (AvgIpc) is 2.21. The van der Waals surface area contributed by atoms with Gasteiger partial charge in [0.1, 0.15) is 0 Å². The third-order valence-electron chi connectivity index (χ3n) is 2.92. The molecule has 90 valence electrons. The fourth-order valence-electron chi connectivity index (χ4n) is 1.90. The summed E-state index contributed by atoms with van der Waals surface area (Å²) < 4.78 is 0.996. The number of benzene rings is 1. The molecule has 0 bridgehead atoms. The first-order valence-corrected chi connectivity index (χ1v) is 6.46. The van der Waals surface area contributed by atoms with Gasteiger partial charge in [-0.2, -0.15) is 0 Å². The summed E-state index contributed by atoms with van der Waals surface area (Å²) in [5.74, 6) is 0. The molecule has 2 aromatic rings. The molecule has 0 aliphatic rings. The highest BCUT2D eigenvalue weighted by Crippen LogP contribution is 2.33. The van der Waals surface area contributed by atoms with E-state index in [1.165, 1.54) is 0 Å². The molecule has 0 atom stereocenters. The van der Waals surface area contributed by atoms with Crippen molar-refractivity contribution in [3.63, 3.8) is 0 Å². The largest absolute Gasteiger partial charge is 0.398 e. The van der Waals surface area contributed by atoms with Crippen molar-refractivity contribution in [3.8, 4) is 0 Å². The van der Waals surface area contributed by atoms with Crippen LogP contribution in [0, 0.1) is 6.92 Å². The standard InChI is InChI=1S/C14H17BrN2/c1-8-5-6-9(15)13-12(8)10(16)7-11(17-13)14(2,3)4/h5-7H,1-4H3,(H2,16,17). The average molecular weight is 293 g/mol. The molecule has 0 saturated carbocycles. The Morgan fingerprint density at radius 3 is 2.47 bits per heavy atom. The molecule has 17 heavy (non-hydrogen) atoms. The van der Waals surface area contributed by atoms with E-state index >= 15 is 0 Å². The SMILES string of the molecule is Cc1ccc(Br)c2nc(C(C)(C)C)cc(N)c12. The number of rotatable bonds is 0. The number of aryl methyl sites for hydroxylation is 1. The predicted molar refractivity (Wildman–Crippen MR) is 77.3 cm³/mol. The third-order valence-corrected chi connectivity index (χ3v) is 3.56. The maximum absolute atomic E-state index is 6.16. The molecule has 2 N–H and O–H groups in total. The quantitative estimate of drug-likeness (QED) is 0.791. The molecular formula is C14H17BrN2. The summed E-state index contributed by atoms with van der Waals surface area (Å²) in [5, 5.41) is 1.05. The maximum atomic E-state index is 6.16. The summed E-state index contributed by atoms with van der Waals surface area (Å²) in [4.78, 5) is 4.74. The number of nitrogen functional groups attached to an aromatic ring is 1. The fraction of sp³-hybridized carbons (Fsp3) is 0.357. The smallest absolute Gasteiger partial charge is 0.0870 e. The molecule has 1 heterocycles. The molecule has 0 fully saturated rings. The van der Waals surface area contributed by atoms with Crippen LogP contribution >= 0.6 is 15.9 Å². The van der Waals surface area contributed by atoms with Gasteiger partial charge in [-0.15, -0.1) is 0 Å². The zero-order valence-corrected chi connectivity index (χ0v) is 12.2. The highest BCUT2D eigenvalue weighted by molar-refractivity contribution is 9.10. The summed E-state index contributed by atoms with van der Waals surface area (Å²) in [6, 6.07) is 6.07. The van der Waals surface area contributed by atoms with Crippen molar-refractivity contribution < 1.29 is 0 Å². The lowest BCUT2D eigenvalue weighted by atomic mass is 9.90. The topological polar surface area (TPSA) is 38.9 Å². The molecule has 0 spiro atoms. The summed E-state index contributed by atoms with van der Waals surface area (Å²) in [6.45, 7) is 8.49. The van der Waals surface area contributed by atoms with E-state index in [9.17, 15) is 0 Å². The van der Waals surface area contributed by atoms with Gasteiger partial charge in [0.15, 0.2) is 0 Å². The van der Waals surface area contributed by atoms with Gasteiger partial charge in [-0.05, 0) is 40.5 Å². The van der Waals surface area contributed by atoms with Gasteiger partial charge in [-0.3, -0.25) is 4.98 Å². The van der Waals surface area contributed by atoms with Crippen LogP contribution in [-0.4, -0.2) is 4.98 Å². The molecule has 0 radical (unpaired) electrons. The lowest BCUT2D eigenvalue weighted by Gasteiger charge is -2.20. The Labute approximate surface area is 110 Å². The van der Waals surface area contributed by atoms with Gasteiger partial charge in [-0.25, -0.2) is 0 Å². The van der Waals surface area contributed by atoms with Gasteiger partial charge in [-0.1, -0.05) is 26.8 Å². The summed E-state index contributed by atoms with van der Waals surface area (Å²) in [7, 11) is 0. The monoisotopic (exact) mass is 292 g/mol. The van der Waals surface area contributed by atoms with E-state index in [0.717, 1.165) is 32.3 Å².